The van der Waals surface area contributed by atoms with Crippen molar-refractivity contribution in [2.45, 2.75) is 20.1 Å². The van der Waals surface area contributed by atoms with Crippen molar-refractivity contribution in [1.29, 1.82) is 0 Å². The highest BCUT2D eigenvalue weighted by molar-refractivity contribution is 6.31. The van der Waals surface area contributed by atoms with Crippen molar-refractivity contribution in [2.75, 3.05) is 5.32 Å². The molecular weight excluding hydrogens is 395 g/mol. The molecule has 0 atom stereocenters. The van der Waals surface area contributed by atoms with Crippen LogP contribution in [0.25, 0.3) is 0 Å². The monoisotopic (exact) mass is 409 g/mol. The van der Waals surface area contributed by atoms with Crippen LogP contribution in [0.4, 0.5) is 19.0 Å². The Morgan fingerprint density at radius 3 is 2.71 bits per heavy atom. The van der Waals surface area contributed by atoms with Gasteiger partial charge in [0.25, 0.3) is 5.91 Å². The Morgan fingerprint density at radius 2 is 2.00 bits per heavy atom. The molecule has 0 fully saturated rings. The Bertz CT molecular complexity index is 988. The number of hydrogen-bond acceptors (Lipinski definition) is 3. The van der Waals surface area contributed by atoms with E-state index in [4.69, 9.17) is 11.6 Å². The van der Waals surface area contributed by atoms with Crippen LogP contribution in [0.1, 0.15) is 21.6 Å². The molecule has 28 heavy (non-hydrogen) atoms. The molecule has 3 rings (SSSR count). The first-order valence-corrected chi connectivity index (χ1v) is 8.55. The van der Waals surface area contributed by atoms with Crippen molar-refractivity contribution in [3.05, 3.63) is 76.2 Å². The van der Waals surface area contributed by atoms with Crippen LogP contribution < -0.4 is 10.1 Å². The maximum Gasteiger partial charge on any atom is 0.387 e. The number of halogens is 4. The molecule has 2 aromatic carbocycles. The van der Waals surface area contributed by atoms with E-state index in [9.17, 15) is 18.0 Å². The Balaban J connectivity index is 1.80. The number of alkyl halides is 2. The van der Waals surface area contributed by atoms with Crippen molar-refractivity contribution in [3.8, 4) is 5.75 Å². The van der Waals surface area contributed by atoms with Crippen LogP contribution in [0.15, 0.2) is 48.5 Å². The van der Waals surface area contributed by atoms with Crippen molar-refractivity contribution in [2.24, 2.45) is 0 Å². The van der Waals surface area contributed by atoms with Crippen LogP contribution >= 0.6 is 11.6 Å². The van der Waals surface area contributed by atoms with Crippen molar-refractivity contribution < 1.29 is 22.7 Å². The average Bonchev–Trinajstić information content (AvgIpc) is 2.97. The minimum Gasteiger partial charge on any atom is -0.434 e. The fourth-order valence-corrected chi connectivity index (χ4v) is 2.82. The number of carbonyl (C=O) groups is 1. The third kappa shape index (κ3) is 4.45. The van der Waals surface area contributed by atoms with Crippen LogP contribution in [0.3, 0.4) is 0 Å². The van der Waals surface area contributed by atoms with Gasteiger partial charge in [0.05, 0.1) is 12.1 Å². The van der Waals surface area contributed by atoms with E-state index in [1.165, 1.54) is 41.1 Å². The Kier molecular flexibility index (Phi) is 5.89. The molecule has 0 aliphatic heterocycles. The van der Waals surface area contributed by atoms with Crippen LogP contribution in [-0.4, -0.2) is 22.3 Å². The highest BCUT2D eigenvalue weighted by Crippen LogP contribution is 2.23. The molecule has 0 bridgehead atoms. The van der Waals surface area contributed by atoms with Gasteiger partial charge < -0.3 is 10.1 Å². The summed E-state index contributed by atoms with van der Waals surface area (Å²) < 4.78 is 44.8. The molecule has 0 aliphatic carbocycles. The number of amides is 1. The molecule has 1 N–H and O–H groups in total. The van der Waals surface area contributed by atoms with Crippen LogP contribution in [0.5, 0.6) is 5.75 Å². The third-order valence-corrected chi connectivity index (χ3v) is 4.29. The smallest absolute Gasteiger partial charge is 0.387 e. The van der Waals surface area contributed by atoms with Gasteiger partial charge in [-0.05, 0) is 31.2 Å². The zero-order chi connectivity index (χ0) is 20.3. The number of nitrogens with zero attached hydrogens (tertiary/aromatic N) is 2. The SMILES string of the molecule is Cc1cc(NC(=O)c2ccccc2OC(F)F)nn1Cc1c(F)cccc1Cl. The van der Waals surface area contributed by atoms with Gasteiger partial charge in [0.1, 0.15) is 11.6 Å². The van der Waals surface area contributed by atoms with Gasteiger partial charge in [0, 0.05) is 22.3 Å². The van der Waals surface area contributed by atoms with Gasteiger partial charge in [0.2, 0.25) is 0 Å². The standard InChI is InChI=1S/C19H15ClF3N3O2/c1-11-9-17(25-26(11)10-13-14(20)6-4-7-15(13)21)24-18(27)12-5-2-3-8-16(12)28-19(22)23/h2-9,19H,10H2,1H3,(H,24,25,27). The number of anilines is 1. The highest BCUT2D eigenvalue weighted by atomic mass is 35.5. The Labute approximate surface area is 163 Å². The fraction of sp³-hybridized carbons (Fsp3) is 0.158. The first kappa shape index (κ1) is 19.8. The number of carbonyl (C=O) groups excluding carboxylic acids is 1. The lowest BCUT2D eigenvalue weighted by atomic mass is 10.2. The lowest BCUT2D eigenvalue weighted by Gasteiger charge is -2.10. The molecule has 0 saturated carbocycles. The Hall–Kier alpha value is -3.00. The molecule has 0 aliphatic rings. The predicted octanol–water partition coefficient (Wildman–Crippen LogP) is 4.89. The number of ether oxygens (including phenoxy) is 1. The molecule has 0 radical (unpaired) electrons. The van der Waals surface area contributed by atoms with Gasteiger partial charge in [0.15, 0.2) is 5.82 Å². The van der Waals surface area contributed by atoms with Crippen molar-refractivity contribution >= 4 is 23.3 Å². The third-order valence-electron chi connectivity index (χ3n) is 3.94. The zero-order valence-electron chi connectivity index (χ0n) is 14.6. The van der Waals surface area contributed by atoms with E-state index in [0.29, 0.717) is 5.69 Å². The maximum absolute atomic E-state index is 14.0. The maximum atomic E-state index is 14.0. The molecule has 9 heteroatoms. The van der Waals surface area contributed by atoms with Crippen LogP contribution in [0, 0.1) is 12.7 Å². The first-order chi connectivity index (χ1) is 13.3. The minimum absolute atomic E-state index is 0.0628. The number of benzene rings is 2. The summed E-state index contributed by atoms with van der Waals surface area (Å²) in [5.41, 5.74) is 0.850. The summed E-state index contributed by atoms with van der Waals surface area (Å²) >= 11 is 6.04. The average molecular weight is 410 g/mol. The number of aryl methyl sites for hydroxylation is 1. The van der Waals surface area contributed by atoms with E-state index in [2.05, 4.69) is 15.2 Å². The zero-order valence-corrected chi connectivity index (χ0v) is 15.4. The molecule has 1 heterocycles. The lowest BCUT2D eigenvalue weighted by Crippen LogP contribution is -2.15. The second-order valence-corrected chi connectivity index (χ2v) is 6.26. The molecule has 0 spiro atoms. The van der Waals surface area contributed by atoms with E-state index in [0.717, 1.165) is 0 Å². The summed E-state index contributed by atoms with van der Waals surface area (Å²) in [6.07, 6.45) is 0. The molecule has 3 aromatic rings. The molecule has 0 saturated heterocycles. The van der Waals surface area contributed by atoms with E-state index >= 15 is 0 Å². The molecule has 5 nitrogen and oxygen atoms in total. The summed E-state index contributed by atoms with van der Waals surface area (Å²) in [6.45, 7) is -1.26. The summed E-state index contributed by atoms with van der Waals surface area (Å²) in [4.78, 5) is 12.4. The van der Waals surface area contributed by atoms with E-state index in [1.807, 2.05) is 0 Å². The molecular formula is C19H15ClF3N3O2. The van der Waals surface area contributed by atoms with Gasteiger partial charge in [-0.3, -0.25) is 9.48 Å². The largest absolute Gasteiger partial charge is 0.434 e. The fourth-order valence-electron chi connectivity index (χ4n) is 2.60. The number of aromatic nitrogens is 2. The predicted molar refractivity (Wildman–Crippen MR) is 98.5 cm³/mol. The quantitative estimate of drug-likeness (QED) is 0.631. The van der Waals surface area contributed by atoms with E-state index in [1.54, 1.807) is 19.1 Å². The second kappa shape index (κ2) is 8.35. The number of rotatable bonds is 6. The normalized spacial score (nSPS) is 10.9. The minimum atomic E-state index is -3.05. The van der Waals surface area contributed by atoms with E-state index in [-0.39, 0.29) is 34.3 Å². The topological polar surface area (TPSA) is 56.1 Å². The Morgan fingerprint density at radius 1 is 1.25 bits per heavy atom. The molecule has 0 unspecified atom stereocenters. The van der Waals surface area contributed by atoms with Crippen LogP contribution in [0.2, 0.25) is 5.02 Å². The van der Waals surface area contributed by atoms with E-state index < -0.39 is 18.3 Å². The number of hydrogen-bond donors (Lipinski definition) is 1. The second-order valence-electron chi connectivity index (χ2n) is 5.86. The summed E-state index contributed by atoms with van der Waals surface area (Å²) in [5.74, 6) is -1.19. The van der Waals surface area contributed by atoms with Crippen molar-refractivity contribution in [1.82, 2.24) is 9.78 Å². The molecule has 1 amide bonds. The summed E-state index contributed by atoms with van der Waals surface area (Å²) in [7, 11) is 0. The number of para-hydroxylation sites is 1. The van der Waals surface area contributed by atoms with Gasteiger partial charge in [-0.25, -0.2) is 4.39 Å². The van der Waals surface area contributed by atoms with Gasteiger partial charge in [-0.15, -0.1) is 0 Å². The van der Waals surface area contributed by atoms with Gasteiger partial charge >= 0.3 is 6.61 Å². The van der Waals surface area contributed by atoms with Crippen molar-refractivity contribution in [3.63, 3.8) is 0 Å². The van der Waals surface area contributed by atoms with Crippen LogP contribution in [-0.2, 0) is 6.54 Å². The van der Waals surface area contributed by atoms with Gasteiger partial charge in [-0.1, -0.05) is 29.8 Å². The highest BCUT2D eigenvalue weighted by Gasteiger charge is 2.17. The lowest BCUT2D eigenvalue weighted by molar-refractivity contribution is -0.0501. The first-order valence-electron chi connectivity index (χ1n) is 8.17. The molecule has 1 aromatic heterocycles. The summed E-state index contributed by atoms with van der Waals surface area (Å²) in [6, 6.07) is 11.6. The molecule has 146 valence electrons. The summed E-state index contributed by atoms with van der Waals surface area (Å²) in [5, 5.41) is 7.00. The number of nitrogens with one attached hydrogen (secondary N) is 1. The van der Waals surface area contributed by atoms with Gasteiger partial charge in [-0.2, -0.15) is 13.9 Å².